The fourth-order valence-electron chi connectivity index (χ4n) is 3.80. The van der Waals surface area contributed by atoms with Crippen LogP contribution in [0.2, 0.25) is 0 Å². The molecule has 1 N–H and O–H groups in total. The first-order chi connectivity index (χ1) is 9.10. The summed E-state index contributed by atoms with van der Waals surface area (Å²) in [5.41, 5.74) is -0.502. The number of esters is 1. The summed E-state index contributed by atoms with van der Waals surface area (Å²) in [4.78, 5) is 14.6. The number of carbonyl (C=O) groups is 1. The van der Waals surface area contributed by atoms with Crippen molar-refractivity contribution >= 4 is 5.97 Å². The van der Waals surface area contributed by atoms with Gasteiger partial charge in [0, 0.05) is 25.2 Å². The lowest BCUT2D eigenvalue weighted by Gasteiger charge is -2.33. The molecule has 4 nitrogen and oxygen atoms in total. The molecule has 0 spiro atoms. The summed E-state index contributed by atoms with van der Waals surface area (Å²) in [5.74, 6) is 0.814. The maximum atomic E-state index is 12.1. The van der Waals surface area contributed by atoms with E-state index in [4.69, 9.17) is 4.74 Å². The molecule has 4 heteroatoms. The van der Waals surface area contributed by atoms with Gasteiger partial charge in [-0.15, -0.1) is 0 Å². The SMILES string of the molecule is COC(=O)C(C)(CCN1CC2CCC1C2)NC1CC1. The van der Waals surface area contributed by atoms with Crippen molar-refractivity contribution in [2.24, 2.45) is 5.92 Å². The van der Waals surface area contributed by atoms with Gasteiger partial charge in [0.15, 0.2) is 0 Å². The Hall–Kier alpha value is -0.610. The summed E-state index contributed by atoms with van der Waals surface area (Å²) in [6.45, 7) is 4.27. The van der Waals surface area contributed by atoms with E-state index >= 15 is 0 Å². The first-order valence-electron chi connectivity index (χ1n) is 7.71. The standard InChI is InChI=1S/C15H26N2O2/c1-15(14(18)19-2,16-12-4-5-12)7-8-17-10-11-3-6-13(17)9-11/h11-13,16H,3-10H2,1-2H3. The van der Waals surface area contributed by atoms with Crippen LogP contribution < -0.4 is 5.32 Å². The Labute approximate surface area is 115 Å². The Morgan fingerprint density at radius 1 is 1.37 bits per heavy atom. The van der Waals surface area contributed by atoms with Crippen LogP contribution in [0, 0.1) is 5.92 Å². The van der Waals surface area contributed by atoms with Gasteiger partial charge in [-0.2, -0.15) is 0 Å². The number of hydrogen-bond donors (Lipinski definition) is 1. The van der Waals surface area contributed by atoms with Crippen molar-refractivity contribution in [2.45, 2.75) is 63.1 Å². The highest BCUT2D eigenvalue weighted by Crippen LogP contribution is 2.37. The Balaban J connectivity index is 1.56. The predicted molar refractivity (Wildman–Crippen MR) is 73.9 cm³/mol. The van der Waals surface area contributed by atoms with Crippen LogP contribution in [0.5, 0.6) is 0 Å². The van der Waals surface area contributed by atoms with E-state index in [1.807, 2.05) is 6.92 Å². The van der Waals surface area contributed by atoms with Gasteiger partial charge in [0.05, 0.1) is 7.11 Å². The van der Waals surface area contributed by atoms with Crippen LogP contribution in [0.15, 0.2) is 0 Å². The second-order valence-corrected chi connectivity index (χ2v) is 6.82. The highest BCUT2D eigenvalue weighted by molar-refractivity contribution is 5.80. The summed E-state index contributed by atoms with van der Waals surface area (Å²) in [5, 5.41) is 3.48. The highest BCUT2D eigenvalue weighted by Gasteiger charge is 2.42. The van der Waals surface area contributed by atoms with Crippen LogP contribution in [0.25, 0.3) is 0 Å². The van der Waals surface area contributed by atoms with Gasteiger partial charge in [-0.25, -0.2) is 0 Å². The molecule has 0 amide bonds. The Morgan fingerprint density at radius 2 is 2.16 bits per heavy atom. The molecule has 0 aromatic rings. The summed E-state index contributed by atoms with van der Waals surface area (Å²) in [6.07, 6.45) is 7.40. The molecule has 1 saturated heterocycles. The van der Waals surface area contributed by atoms with Gasteiger partial charge >= 0.3 is 5.97 Å². The summed E-state index contributed by atoms with van der Waals surface area (Å²) >= 11 is 0. The normalized spacial score (nSPS) is 33.4. The largest absolute Gasteiger partial charge is 0.468 e. The zero-order valence-electron chi connectivity index (χ0n) is 12.2. The Kier molecular flexibility index (Phi) is 3.56. The van der Waals surface area contributed by atoms with Crippen molar-refractivity contribution in [3.63, 3.8) is 0 Å². The monoisotopic (exact) mass is 266 g/mol. The van der Waals surface area contributed by atoms with Gasteiger partial charge in [-0.05, 0) is 51.4 Å². The third-order valence-corrected chi connectivity index (χ3v) is 5.16. The second-order valence-electron chi connectivity index (χ2n) is 6.82. The smallest absolute Gasteiger partial charge is 0.325 e. The number of nitrogens with zero attached hydrogens (tertiary/aromatic N) is 1. The maximum absolute atomic E-state index is 12.1. The van der Waals surface area contributed by atoms with Gasteiger partial charge < -0.3 is 9.64 Å². The van der Waals surface area contributed by atoms with Crippen LogP contribution in [-0.2, 0) is 9.53 Å². The van der Waals surface area contributed by atoms with Gasteiger partial charge in [-0.1, -0.05) is 0 Å². The molecule has 0 aromatic carbocycles. The quantitative estimate of drug-likeness (QED) is 0.741. The van der Waals surface area contributed by atoms with Gasteiger partial charge in [0.2, 0.25) is 0 Å². The summed E-state index contributed by atoms with van der Waals surface area (Å²) in [6, 6.07) is 1.31. The average molecular weight is 266 g/mol. The fourth-order valence-corrected chi connectivity index (χ4v) is 3.80. The van der Waals surface area contributed by atoms with Gasteiger partial charge in [-0.3, -0.25) is 10.1 Å². The number of hydrogen-bond acceptors (Lipinski definition) is 4. The van der Waals surface area contributed by atoms with E-state index in [2.05, 4.69) is 10.2 Å². The molecular weight excluding hydrogens is 240 g/mol. The molecule has 2 bridgehead atoms. The number of likely N-dealkylation sites (tertiary alicyclic amines) is 1. The van der Waals surface area contributed by atoms with Crippen LogP contribution in [-0.4, -0.2) is 48.7 Å². The zero-order chi connectivity index (χ0) is 13.5. The maximum Gasteiger partial charge on any atom is 0.325 e. The van der Waals surface area contributed by atoms with Gasteiger partial charge in [0.1, 0.15) is 5.54 Å². The molecule has 1 aliphatic heterocycles. The summed E-state index contributed by atoms with van der Waals surface area (Å²) in [7, 11) is 1.49. The van der Waals surface area contributed by atoms with E-state index in [-0.39, 0.29) is 5.97 Å². The lowest BCUT2D eigenvalue weighted by Crippen LogP contribution is -2.53. The number of piperidine rings is 1. The number of methoxy groups -OCH3 is 1. The van der Waals surface area contributed by atoms with Crippen molar-refractivity contribution in [2.75, 3.05) is 20.2 Å². The van der Waals surface area contributed by atoms with Crippen molar-refractivity contribution in [1.82, 2.24) is 10.2 Å². The lowest BCUT2D eigenvalue weighted by molar-refractivity contribution is -0.148. The third-order valence-electron chi connectivity index (χ3n) is 5.16. The molecular formula is C15H26N2O2. The molecule has 3 fully saturated rings. The topological polar surface area (TPSA) is 41.6 Å². The number of carbonyl (C=O) groups excluding carboxylic acids is 1. The number of rotatable bonds is 6. The van der Waals surface area contributed by atoms with Crippen molar-refractivity contribution in [3.05, 3.63) is 0 Å². The Bertz CT molecular complexity index is 356. The van der Waals surface area contributed by atoms with E-state index in [0.29, 0.717) is 6.04 Å². The summed E-state index contributed by atoms with van der Waals surface area (Å²) < 4.78 is 5.00. The first kappa shape index (κ1) is 13.4. The van der Waals surface area contributed by atoms with Gasteiger partial charge in [0.25, 0.3) is 0 Å². The highest BCUT2D eigenvalue weighted by atomic mass is 16.5. The molecule has 0 radical (unpaired) electrons. The molecule has 2 saturated carbocycles. The molecule has 2 aliphatic carbocycles. The van der Waals surface area contributed by atoms with E-state index in [1.54, 1.807) is 0 Å². The van der Waals surface area contributed by atoms with Crippen LogP contribution in [0.1, 0.15) is 45.4 Å². The average Bonchev–Trinajstić information content (AvgIpc) is 2.97. The number of fused-ring (bicyclic) bond motifs is 2. The molecule has 108 valence electrons. The van der Waals surface area contributed by atoms with E-state index in [0.717, 1.165) is 24.9 Å². The minimum Gasteiger partial charge on any atom is -0.468 e. The molecule has 1 heterocycles. The minimum absolute atomic E-state index is 0.108. The molecule has 19 heavy (non-hydrogen) atoms. The Morgan fingerprint density at radius 3 is 2.68 bits per heavy atom. The molecule has 3 atom stereocenters. The fraction of sp³-hybridized carbons (Fsp3) is 0.933. The second kappa shape index (κ2) is 5.06. The van der Waals surface area contributed by atoms with Crippen molar-refractivity contribution in [3.8, 4) is 0 Å². The van der Waals surface area contributed by atoms with E-state index in [9.17, 15) is 4.79 Å². The molecule has 3 aliphatic rings. The van der Waals surface area contributed by atoms with Crippen molar-refractivity contribution in [1.29, 1.82) is 0 Å². The van der Waals surface area contributed by atoms with Crippen LogP contribution in [0.3, 0.4) is 0 Å². The van der Waals surface area contributed by atoms with Crippen LogP contribution >= 0.6 is 0 Å². The number of nitrogens with one attached hydrogen (secondary N) is 1. The molecule has 0 aromatic heterocycles. The predicted octanol–water partition coefficient (Wildman–Crippen LogP) is 1.54. The first-order valence-corrected chi connectivity index (χ1v) is 7.71. The lowest BCUT2D eigenvalue weighted by atomic mass is 9.96. The van der Waals surface area contributed by atoms with E-state index < -0.39 is 5.54 Å². The zero-order valence-corrected chi connectivity index (χ0v) is 12.2. The third kappa shape index (κ3) is 2.79. The molecule has 3 unspecified atom stereocenters. The molecule has 3 rings (SSSR count). The van der Waals surface area contributed by atoms with Crippen LogP contribution in [0.4, 0.5) is 0 Å². The van der Waals surface area contributed by atoms with Crippen molar-refractivity contribution < 1.29 is 9.53 Å². The minimum atomic E-state index is -0.502. The number of ether oxygens (including phenoxy) is 1. The van der Waals surface area contributed by atoms with E-state index in [1.165, 1.54) is 45.8 Å².